The summed E-state index contributed by atoms with van der Waals surface area (Å²) in [6.45, 7) is 2.10. The van der Waals surface area contributed by atoms with E-state index < -0.39 is 5.95 Å². The topological polar surface area (TPSA) is 81.2 Å². The largest absolute Gasteiger partial charge is 0.497 e. The number of hydrogen-bond acceptors (Lipinski definition) is 5. The third-order valence-electron chi connectivity index (χ3n) is 6.94. The zero-order valence-corrected chi connectivity index (χ0v) is 18.8. The van der Waals surface area contributed by atoms with Gasteiger partial charge in [-0.2, -0.15) is 9.49 Å². The van der Waals surface area contributed by atoms with Crippen molar-refractivity contribution >= 4 is 16.7 Å². The Balaban J connectivity index is 1.37. The molecule has 6 rings (SSSR count). The maximum atomic E-state index is 14.1. The third kappa shape index (κ3) is 3.54. The lowest BCUT2D eigenvalue weighted by Gasteiger charge is -2.28. The molecule has 7 nitrogen and oxygen atoms in total. The van der Waals surface area contributed by atoms with E-state index in [1.807, 2.05) is 42.6 Å². The Hall–Kier alpha value is -3.65. The third-order valence-corrected chi connectivity index (χ3v) is 6.94. The molecule has 0 radical (unpaired) electrons. The fourth-order valence-corrected chi connectivity index (χ4v) is 4.91. The molecule has 8 heteroatoms. The molecule has 4 aromatic rings. The Kier molecular flexibility index (Phi) is 5.10. The van der Waals surface area contributed by atoms with Crippen LogP contribution in [0.5, 0.6) is 11.5 Å². The van der Waals surface area contributed by atoms with E-state index in [1.165, 1.54) is 6.20 Å². The summed E-state index contributed by atoms with van der Waals surface area (Å²) >= 11 is 0. The molecular formula is C26H25FN4O3. The monoisotopic (exact) mass is 460 g/mol. The van der Waals surface area contributed by atoms with Gasteiger partial charge >= 0.3 is 0 Å². The van der Waals surface area contributed by atoms with Crippen LogP contribution in [0.2, 0.25) is 0 Å². The standard InChI is InChI=1S/C26H25FN4O3/c1-33-19-3-5-24-16(9-19)8-17(14-34-24)25(32)22-13-31(12-18-6-7-28-18)23-10-15(2-4-20(22)23)21-11-29-30-26(21)27/h2-5,9-11,13,17-18,28H,6-8,12,14H2,1H3,(H,29,30)/t17?,18-/m0/s1. The summed E-state index contributed by atoms with van der Waals surface area (Å²) in [5.74, 6) is 0.851. The quantitative estimate of drug-likeness (QED) is 0.426. The van der Waals surface area contributed by atoms with Gasteiger partial charge in [0.1, 0.15) is 11.5 Å². The lowest BCUT2D eigenvalue weighted by Crippen LogP contribution is -2.45. The van der Waals surface area contributed by atoms with E-state index in [4.69, 9.17) is 9.47 Å². The molecule has 1 unspecified atom stereocenters. The molecule has 2 aromatic carbocycles. The van der Waals surface area contributed by atoms with Crippen molar-refractivity contribution in [2.45, 2.75) is 25.4 Å². The zero-order chi connectivity index (χ0) is 23.2. The molecule has 2 aliphatic heterocycles. The number of H-pyrrole nitrogens is 1. The molecule has 4 heterocycles. The van der Waals surface area contributed by atoms with Gasteiger partial charge in [-0.25, -0.2) is 0 Å². The molecule has 0 saturated carbocycles. The smallest absolute Gasteiger partial charge is 0.216 e. The number of carbonyl (C=O) groups excluding carboxylic acids is 1. The van der Waals surface area contributed by atoms with Gasteiger partial charge in [-0.15, -0.1) is 0 Å². The predicted octanol–water partition coefficient (Wildman–Crippen LogP) is 3.98. The number of halogens is 1. The van der Waals surface area contributed by atoms with Crippen molar-refractivity contribution in [2.75, 3.05) is 20.3 Å². The van der Waals surface area contributed by atoms with Crippen LogP contribution in [-0.4, -0.2) is 46.9 Å². The fraction of sp³-hybridized carbons (Fsp3) is 0.308. The van der Waals surface area contributed by atoms with E-state index in [2.05, 4.69) is 20.1 Å². The van der Waals surface area contributed by atoms with E-state index in [0.29, 0.717) is 30.2 Å². The highest BCUT2D eigenvalue weighted by atomic mass is 19.1. The zero-order valence-electron chi connectivity index (χ0n) is 18.8. The summed E-state index contributed by atoms with van der Waals surface area (Å²) in [5.41, 5.74) is 3.70. The molecule has 2 atom stereocenters. The van der Waals surface area contributed by atoms with Crippen LogP contribution < -0.4 is 14.8 Å². The molecule has 174 valence electrons. The summed E-state index contributed by atoms with van der Waals surface area (Å²) in [4.78, 5) is 13.7. The number of Topliss-reactive ketones (excluding diaryl/α,β-unsaturated/α-hetero) is 1. The summed E-state index contributed by atoms with van der Waals surface area (Å²) in [6.07, 6.45) is 5.12. The van der Waals surface area contributed by atoms with E-state index in [0.717, 1.165) is 53.0 Å². The first-order valence-electron chi connectivity index (χ1n) is 11.5. The van der Waals surface area contributed by atoms with Crippen molar-refractivity contribution in [3.63, 3.8) is 0 Å². The number of rotatable bonds is 6. The number of fused-ring (bicyclic) bond motifs is 2. The Morgan fingerprint density at radius 3 is 2.91 bits per heavy atom. The van der Waals surface area contributed by atoms with Crippen LogP contribution in [0.4, 0.5) is 4.39 Å². The number of carbonyl (C=O) groups is 1. The Bertz CT molecular complexity index is 1390. The maximum Gasteiger partial charge on any atom is 0.216 e. The van der Waals surface area contributed by atoms with Gasteiger partial charge in [0, 0.05) is 35.2 Å². The predicted molar refractivity (Wildman–Crippen MR) is 126 cm³/mol. The Labute approximate surface area is 195 Å². The van der Waals surface area contributed by atoms with Crippen LogP contribution in [0.1, 0.15) is 22.3 Å². The van der Waals surface area contributed by atoms with E-state index in [1.54, 1.807) is 7.11 Å². The minimum absolute atomic E-state index is 0.0565. The van der Waals surface area contributed by atoms with Crippen LogP contribution in [0, 0.1) is 11.9 Å². The van der Waals surface area contributed by atoms with E-state index in [-0.39, 0.29) is 11.7 Å². The van der Waals surface area contributed by atoms with Crippen molar-refractivity contribution < 1.29 is 18.7 Å². The molecule has 0 aliphatic carbocycles. The van der Waals surface area contributed by atoms with Gasteiger partial charge in [0.2, 0.25) is 5.95 Å². The molecule has 0 amide bonds. The lowest BCUT2D eigenvalue weighted by molar-refractivity contribution is 0.0856. The van der Waals surface area contributed by atoms with Gasteiger partial charge < -0.3 is 19.4 Å². The first-order valence-corrected chi connectivity index (χ1v) is 11.5. The van der Waals surface area contributed by atoms with Crippen molar-refractivity contribution in [3.8, 4) is 22.6 Å². The van der Waals surface area contributed by atoms with Crippen LogP contribution >= 0.6 is 0 Å². The summed E-state index contributed by atoms with van der Waals surface area (Å²) in [5, 5.41) is 10.4. The van der Waals surface area contributed by atoms with Crippen molar-refractivity contribution in [1.82, 2.24) is 20.1 Å². The summed E-state index contributed by atoms with van der Waals surface area (Å²) < 4.78 is 27.5. The minimum Gasteiger partial charge on any atom is -0.497 e. The van der Waals surface area contributed by atoms with Crippen LogP contribution in [-0.2, 0) is 13.0 Å². The average Bonchev–Trinajstić information content (AvgIpc) is 3.43. The van der Waals surface area contributed by atoms with Gasteiger partial charge in [0.05, 0.1) is 31.4 Å². The molecule has 0 bridgehead atoms. The Morgan fingerprint density at radius 1 is 1.29 bits per heavy atom. The Morgan fingerprint density at radius 2 is 2.18 bits per heavy atom. The summed E-state index contributed by atoms with van der Waals surface area (Å²) in [6, 6.07) is 11.8. The SMILES string of the molecule is COc1ccc2c(c1)CC(C(=O)c1cn(C[C@@H]3CCN3)c3cc(-c4cn[nH]c4F)ccc13)CO2. The summed E-state index contributed by atoms with van der Waals surface area (Å²) in [7, 11) is 1.63. The normalized spacial score (nSPS) is 19.4. The number of ketones is 1. The molecule has 2 aliphatic rings. The van der Waals surface area contributed by atoms with Crippen LogP contribution in [0.3, 0.4) is 0 Å². The number of ether oxygens (including phenoxy) is 2. The fourth-order valence-electron chi connectivity index (χ4n) is 4.91. The average molecular weight is 461 g/mol. The molecule has 1 saturated heterocycles. The molecule has 2 aromatic heterocycles. The lowest BCUT2D eigenvalue weighted by atomic mass is 9.89. The van der Waals surface area contributed by atoms with Gasteiger partial charge in [-0.3, -0.25) is 9.89 Å². The minimum atomic E-state index is -0.470. The second-order valence-electron chi connectivity index (χ2n) is 9.01. The number of benzene rings is 2. The van der Waals surface area contributed by atoms with E-state index >= 15 is 0 Å². The number of hydrogen-bond donors (Lipinski definition) is 2. The number of aromatic amines is 1. The highest BCUT2D eigenvalue weighted by Crippen LogP contribution is 2.35. The molecular weight excluding hydrogens is 435 g/mol. The number of nitrogens with zero attached hydrogens (tertiary/aromatic N) is 2. The second-order valence-corrected chi connectivity index (χ2v) is 9.01. The van der Waals surface area contributed by atoms with E-state index in [9.17, 15) is 9.18 Å². The first-order chi connectivity index (χ1) is 16.6. The molecule has 1 fully saturated rings. The van der Waals surface area contributed by atoms with Crippen molar-refractivity contribution in [1.29, 1.82) is 0 Å². The molecule has 2 N–H and O–H groups in total. The van der Waals surface area contributed by atoms with Gasteiger partial charge in [-0.05, 0) is 54.8 Å². The van der Waals surface area contributed by atoms with Gasteiger partial charge in [-0.1, -0.05) is 12.1 Å². The molecule has 0 spiro atoms. The highest BCUT2D eigenvalue weighted by Gasteiger charge is 2.30. The second kappa shape index (κ2) is 8.29. The number of methoxy groups -OCH3 is 1. The van der Waals surface area contributed by atoms with Crippen molar-refractivity contribution in [3.05, 3.63) is 65.9 Å². The number of aromatic nitrogens is 3. The maximum absolute atomic E-state index is 14.1. The van der Waals surface area contributed by atoms with Crippen LogP contribution in [0.25, 0.3) is 22.0 Å². The van der Waals surface area contributed by atoms with Gasteiger partial charge in [0.25, 0.3) is 0 Å². The first kappa shape index (κ1) is 20.9. The molecule has 34 heavy (non-hydrogen) atoms. The van der Waals surface area contributed by atoms with Gasteiger partial charge in [0.15, 0.2) is 5.78 Å². The van der Waals surface area contributed by atoms with Crippen molar-refractivity contribution in [2.24, 2.45) is 5.92 Å². The highest BCUT2D eigenvalue weighted by molar-refractivity contribution is 6.10. The van der Waals surface area contributed by atoms with Crippen LogP contribution in [0.15, 0.2) is 48.8 Å². The number of nitrogens with one attached hydrogen (secondary N) is 2.